The van der Waals surface area contributed by atoms with Crippen molar-refractivity contribution in [3.63, 3.8) is 0 Å². The molecule has 0 aliphatic carbocycles. The number of halogens is 1. The van der Waals surface area contributed by atoms with E-state index in [9.17, 15) is 23.9 Å². The molecule has 32 heavy (non-hydrogen) atoms. The van der Waals surface area contributed by atoms with Gasteiger partial charge in [-0.3, -0.25) is 19.7 Å². The first-order valence-corrected chi connectivity index (χ1v) is 11.0. The molecule has 0 radical (unpaired) electrons. The number of hydrogen-bond donors (Lipinski definition) is 3. The minimum Gasteiger partial charge on any atom is -0.460 e. The second kappa shape index (κ2) is 9.44. The van der Waals surface area contributed by atoms with E-state index in [4.69, 9.17) is 4.74 Å². The van der Waals surface area contributed by atoms with Gasteiger partial charge in [-0.05, 0) is 64.7 Å². The van der Waals surface area contributed by atoms with Crippen LogP contribution in [0.3, 0.4) is 0 Å². The van der Waals surface area contributed by atoms with Crippen LogP contribution >= 0.6 is 0 Å². The summed E-state index contributed by atoms with van der Waals surface area (Å²) in [6.45, 7) is 6.30. The maximum atomic E-state index is 14.9. The number of benzene rings is 1. The Balaban J connectivity index is 1.61. The molecule has 2 atom stereocenters. The molecule has 3 N–H and O–H groups in total. The number of imide groups is 1. The van der Waals surface area contributed by atoms with Crippen LogP contribution in [0.2, 0.25) is 0 Å². The second-order valence-electron chi connectivity index (χ2n) is 9.64. The summed E-state index contributed by atoms with van der Waals surface area (Å²) in [4.78, 5) is 37.2. The van der Waals surface area contributed by atoms with Crippen LogP contribution < -0.4 is 15.5 Å². The van der Waals surface area contributed by atoms with Crippen LogP contribution in [0.4, 0.5) is 15.8 Å². The quantitative estimate of drug-likeness (QED) is 0.468. The summed E-state index contributed by atoms with van der Waals surface area (Å²) < 4.78 is 20.2. The molecule has 2 saturated heterocycles. The molecule has 0 spiro atoms. The summed E-state index contributed by atoms with van der Waals surface area (Å²) in [5.41, 5.74) is -0.935. The molecule has 1 aromatic rings. The van der Waals surface area contributed by atoms with Crippen LogP contribution in [0.25, 0.3) is 0 Å². The number of hydrogen-bond acceptors (Lipinski definition) is 7. The smallest absolute Gasteiger partial charge is 0.309 e. The molecular formula is C23H32FN3O5. The van der Waals surface area contributed by atoms with E-state index >= 15 is 0 Å². The summed E-state index contributed by atoms with van der Waals surface area (Å²) in [6.07, 6.45) is 1.87. The number of ether oxygens (including phenoxy) is 1. The summed E-state index contributed by atoms with van der Waals surface area (Å²) >= 11 is 0. The first kappa shape index (κ1) is 24.0. The average Bonchev–Trinajstić information content (AvgIpc) is 2.84. The lowest BCUT2D eigenvalue weighted by atomic mass is 9.91. The van der Waals surface area contributed by atoms with E-state index in [0.29, 0.717) is 50.1 Å². The molecule has 0 bridgehead atoms. The fourth-order valence-corrected chi connectivity index (χ4v) is 4.13. The van der Waals surface area contributed by atoms with Gasteiger partial charge in [-0.25, -0.2) is 4.39 Å². The maximum Gasteiger partial charge on any atom is 0.309 e. The van der Waals surface area contributed by atoms with E-state index in [1.54, 1.807) is 32.9 Å². The zero-order chi connectivity index (χ0) is 23.5. The molecule has 1 aromatic carbocycles. The van der Waals surface area contributed by atoms with Crippen molar-refractivity contribution in [1.29, 1.82) is 0 Å². The number of carbonyl (C=O) groups is 3. The number of nitrogens with one attached hydrogen (secondary N) is 2. The van der Waals surface area contributed by atoms with E-state index < -0.39 is 34.9 Å². The molecule has 8 nitrogen and oxygen atoms in total. The van der Waals surface area contributed by atoms with E-state index in [1.165, 1.54) is 6.07 Å². The monoisotopic (exact) mass is 449 g/mol. The first-order chi connectivity index (χ1) is 14.9. The van der Waals surface area contributed by atoms with Crippen molar-refractivity contribution in [3.05, 3.63) is 24.0 Å². The van der Waals surface area contributed by atoms with Gasteiger partial charge in [0.2, 0.25) is 11.8 Å². The Morgan fingerprint density at radius 2 is 2.06 bits per heavy atom. The number of nitrogens with zero attached hydrogens (tertiary/aromatic N) is 1. The van der Waals surface area contributed by atoms with Gasteiger partial charge < -0.3 is 20.1 Å². The Morgan fingerprint density at radius 3 is 2.72 bits per heavy atom. The van der Waals surface area contributed by atoms with Gasteiger partial charge in [-0.2, -0.15) is 0 Å². The molecule has 9 heteroatoms. The van der Waals surface area contributed by atoms with Crippen molar-refractivity contribution in [2.45, 2.75) is 76.5 Å². The molecule has 0 unspecified atom stereocenters. The van der Waals surface area contributed by atoms with Gasteiger partial charge in [-0.15, -0.1) is 0 Å². The van der Waals surface area contributed by atoms with Gasteiger partial charge in [0.05, 0.1) is 17.7 Å². The number of rotatable bonds is 5. The summed E-state index contributed by atoms with van der Waals surface area (Å²) in [7, 11) is 0. The number of anilines is 2. The maximum absolute atomic E-state index is 14.9. The van der Waals surface area contributed by atoms with Crippen molar-refractivity contribution in [2.24, 2.45) is 0 Å². The van der Waals surface area contributed by atoms with Crippen molar-refractivity contribution < 1.29 is 28.6 Å². The molecule has 0 saturated carbocycles. The van der Waals surface area contributed by atoms with Crippen molar-refractivity contribution in [3.8, 4) is 0 Å². The number of esters is 1. The lowest BCUT2D eigenvalue weighted by Crippen LogP contribution is -2.47. The highest BCUT2D eigenvalue weighted by Crippen LogP contribution is 2.31. The third kappa shape index (κ3) is 6.41. The van der Waals surface area contributed by atoms with Crippen molar-refractivity contribution in [1.82, 2.24) is 5.32 Å². The Hall–Kier alpha value is -2.68. The second-order valence-corrected chi connectivity index (χ2v) is 9.64. The molecule has 2 amide bonds. The minimum absolute atomic E-state index is 0.0879. The van der Waals surface area contributed by atoms with Gasteiger partial charge in [0, 0.05) is 25.2 Å². The number of amides is 2. The highest BCUT2D eigenvalue weighted by molar-refractivity contribution is 6.01. The van der Waals surface area contributed by atoms with Crippen LogP contribution in [-0.4, -0.2) is 53.2 Å². The van der Waals surface area contributed by atoms with Crippen LogP contribution in [0.15, 0.2) is 18.2 Å². The van der Waals surface area contributed by atoms with Crippen molar-refractivity contribution >= 4 is 29.2 Å². The standard InChI is InChI=1S/C23H32FN3O5/c1-22(2,3)32-20(29)14-23(31)9-4-11-27(12-10-23)18-7-5-15(13-16(18)24)25-17-6-8-19(28)26-21(17)30/h5,7,13,17,25,31H,4,6,8-12,14H2,1-3H3,(H,26,28,30)/t17-,23-/m1/s1. The molecule has 0 aromatic heterocycles. The third-order valence-corrected chi connectivity index (χ3v) is 5.68. The highest BCUT2D eigenvalue weighted by atomic mass is 19.1. The molecule has 2 aliphatic heterocycles. The molecule has 2 aliphatic rings. The summed E-state index contributed by atoms with van der Waals surface area (Å²) in [5.74, 6) is -1.60. The van der Waals surface area contributed by atoms with Gasteiger partial charge in [0.1, 0.15) is 17.5 Å². The first-order valence-electron chi connectivity index (χ1n) is 11.0. The van der Waals surface area contributed by atoms with Gasteiger partial charge >= 0.3 is 5.97 Å². The SMILES string of the molecule is CC(C)(C)OC(=O)C[C@@]1(O)CCCN(c2ccc(N[C@@H]3CCC(=O)NC3=O)cc2F)CC1. The molecule has 3 rings (SSSR count). The Labute approximate surface area is 187 Å². The van der Waals surface area contributed by atoms with E-state index in [2.05, 4.69) is 10.6 Å². The summed E-state index contributed by atoms with van der Waals surface area (Å²) in [6, 6.07) is 4.08. The lowest BCUT2D eigenvalue weighted by molar-refractivity contribution is -0.160. The zero-order valence-corrected chi connectivity index (χ0v) is 18.9. The average molecular weight is 450 g/mol. The van der Waals surface area contributed by atoms with E-state index in [-0.39, 0.29) is 18.7 Å². The van der Waals surface area contributed by atoms with Gasteiger partial charge in [0.25, 0.3) is 0 Å². The normalized spacial score (nSPS) is 24.5. The Kier molecular flexibility index (Phi) is 7.07. The fraction of sp³-hybridized carbons (Fsp3) is 0.609. The number of carbonyl (C=O) groups excluding carboxylic acids is 3. The van der Waals surface area contributed by atoms with Crippen LogP contribution in [0.5, 0.6) is 0 Å². The number of aliphatic hydroxyl groups is 1. The van der Waals surface area contributed by atoms with Crippen LogP contribution in [-0.2, 0) is 19.1 Å². The molecular weight excluding hydrogens is 417 g/mol. The van der Waals surface area contributed by atoms with Crippen molar-refractivity contribution in [2.75, 3.05) is 23.3 Å². The molecule has 2 heterocycles. The molecule has 2 fully saturated rings. The minimum atomic E-state index is -1.18. The Bertz CT molecular complexity index is 885. The lowest BCUT2D eigenvalue weighted by Gasteiger charge is -2.28. The largest absolute Gasteiger partial charge is 0.460 e. The van der Waals surface area contributed by atoms with E-state index in [0.717, 1.165) is 0 Å². The zero-order valence-electron chi connectivity index (χ0n) is 18.9. The molecule has 176 valence electrons. The predicted octanol–water partition coefficient (Wildman–Crippen LogP) is 2.50. The Morgan fingerprint density at radius 1 is 1.31 bits per heavy atom. The van der Waals surface area contributed by atoms with Gasteiger partial charge in [0.15, 0.2) is 0 Å². The van der Waals surface area contributed by atoms with Crippen LogP contribution in [0, 0.1) is 5.82 Å². The highest BCUT2D eigenvalue weighted by Gasteiger charge is 2.35. The summed E-state index contributed by atoms with van der Waals surface area (Å²) in [5, 5.41) is 16.2. The fourth-order valence-electron chi connectivity index (χ4n) is 4.13. The predicted molar refractivity (Wildman–Crippen MR) is 118 cm³/mol. The van der Waals surface area contributed by atoms with Gasteiger partial charge in [-0.1, -0.05) is 0 Å². The van der Waals surface area contributed by atoms with Crippen LogP contribution in [0.1, 0.15) is 59.3 Å². The van der Waals surface area contributed by atoms with E-state index in [1.807, 2.05) is 4.90 Å². The topological polar surface area (TPSA) is 108 Å². The third-order valence-electron chi connectivity index (χ3n) is 5.68. The number of piperidine rings is 1.